The molecule has 5 rings (SSSR count). The summed E-state index contributed by atoms with van der Waals surface area (Å²) in [4.78, 5) is 16.2. The molecule has 36 heavy (non-hydrogen) atoms. The molecule has 2 aromatic carbocycles. The first-order valence-electron chi connectivity index (χ1n) is 11.7. The van der Waals surface area contributed by atoms with Crippen LogP contribution in [0, 0.1) is 10.1 Å². The number of rotatable bonds is 6. The van der Waals surface area contributed by atoms with Gasteiger partial charge in [-0.15, -0.1) is 11.3 Å². The summed E-state index contributed by atoms with van der Waals surface area (Å²) in [6.45, 7) is 1.47. The van der Waals surface area contributed by atoms with Crippen molar-refractivity contribution in [1.29, 1.82) is 0 Å². The van der Waals surface area contributed by atoms with E-state index in [0.29, 0.717) is 36.8 Å². The van der Waals surface area contributed by atoms with E-state index in [-0.39, 0.29) is 10.6 Å². The predicted molar refractivity (Wildman–Crippen MR) is 137 cm³/mol. The fourth-order valence-corrected chi connectivity index (χ4v) is 6.45. The van der Waals surface area contributed by atoms with Crippen molar-refractivity contribution in [3.05, 3.63) is 68.8 Å². The first-order chi connectivity index (χ1) is 17.4. The molecule has 2 aliphatic rings. The van der Waals surface area contributed by atoms with Gasteiger partial charge in [-0.25, -0.2) is 18.1 Å². The van der Waals surface area contributed by atoms with Crippen molar-refractivity contribution in [2.75, 3.05) is 26.3 Å². The smallest absolute Gasteiger partial charge is 0.269 e. The third-order valence-corrected chi connectivity index (χ3v) is 8.88. The maximum Gasteiger partial charge on any atom is 0.269 e. The summed E-state index contributed by atoms with van der Waals surface area (Å²) in [6.07, 6.45) is 4.05. The van der Waals surface area contributed by atoms with Gasteiger partial charge < -0.3 is 4.74 Å². The molecule has 0 amide bonds. The van der Waals surface area contributed by atoms with Gasteiger partial charge in [0.2, 0.25) is 14.8 Å². The summed E-state index contributed by atoms with van der Waals surface area (Å²) in [6, 6.07) is 12.9. The molecule has 1 aliphatic carbocycles. The molecule has 0 bridgehead atoms. The Hall–Kier alpha value is -3.19. The molecule has 0 atom stereocenters. The standard InChI is InChI=1S/C24H25N5O5S2/c30-29(31)21-9-5-18(6-10-21)23-17-35-24(28(23)26-20-3-1-2-4-20)25-19-7-11-22(12-8-19)36(32,33)27-13-15-34-16-14-27/h5-12,17H,1-4,13-16H2. The second-order valence-corrected chi connectivity index (χ2v) is 11.3. The van der Waals surface area contributed by atoms with E-state index in [1.807, 2.05) is 5.38 Å². The van der Waals surface area contributed by atoms with E-state index in [2.05, 4.69) is 0 Å². The van der Waals surface area contributed by atoms with Crippen LogP contribution in [0.2, 0.25) is 0 Å². The summed E-state index contributed by atoms with van der Waals surface area (Å²) in [5.41, 5.74) is 3.31. The van der Waals surface area contributed by atoms with Crippen molar-refractivity contribution in [3.63, 3.8) is 0 Å². The number of non-ortho nitro benzene ring substituents is 1. The van der Waals surface area contributed by atoms with E-state index in [1.165, 1.54) is 27.8 Å². The average molecular weight is 528 g/mol. The van der Waals surface area contributed by atoms with Gasteiger partial charge >= 0.3 is 0 Å². The molecule has 1 saturated heterocycles. The van der Waals surface area contributed by atoms with Gasteiger partial charge in [0.15, 0.2) is 0 Å². The zero-order valence-electron chi connectivity index (χ0n) is 19.4. The van der Waals surface area contributed by atoms with Crippen molar-refractivity contribution >= 4 is 38.4 Å². The molecule has 3 aromatic rings. The number of nitro groups is 1. The van der Waals surface area contributed by atoms with Gasteiger partial charge in [0, 0.05) is 41.9 Å². The molecule has 1 aromatic heterocycles. The van der Waals surface area contributed by atoms with E-state index in [4.69, 9.17) is 14.8 Å². The first kappa shape index (κ1) is 24.5. The Kier molecular flexibility index (Phi) is 7.10. The predicted octanol–water partition coefficient (Wildman–Crippen LogP) is 4.16. The molecule has 12 heteroatoms. The normalized spacial score (nSPS) is 17.4. The maximum absolute atomic E-state index is 12.9. The van der Waals surface area contributed by atoms with Crippen LogP contribution in [0.5, 0.6) is 0 Å². The molecular formula is C24H25N5O5S2. The lowest BCUT2D eigenvalue weighted by Gasteiger charge is -2.26. The van der Waals surface area contributed by atoms with E-state index in [0.717, 1.165) is 42.7 Å². The highest BCUT2D eigenvalue weighted by Crippen LogP contribution is 2.25. The Morgan fingerprint density at radius 1 is 0.972 bits per heavy atom. The van der Waals surface area contributed by atoms with E-state index >= 15 is 0 Å². The average Bonchev–Trinajstić information content (AvgIpc) is 3.56. The molecule has 0 radical (unpaired) electrons. The van der Waals surface area contributed by atoms with Crippen molar-refractivity contribution < 1.29 is 18.1 Å². The van der Waals surface area contributed by atoms with Gasteiger partial charge in [0.25, 0.3) is 5.69 Å². The second kappa shape index (κ2) is 10.4. The molecule has 1 saturated carbocycles. The van der Waals surface area contributed by atoms with Crippen molar-refractivity contribution in [1.82, 2.24) is 8.98 Å². The number of aromatic nitrogens is 1. The lowest BCUT2D eigenvalue weighted by Crippen LogP contribution is -2.40. The Labute approximate surface area is 212 Å². The highest BCUT2D eigenvalue weighted by molar-refractivity contribution is 7.89. The van der Waals surface area contributed by atoms with E-state index < -0.39 is 14.9 Å². The van der Waals surface area contributed by atoms with Gasteiger partial charge in [-0.2, -0.15) is 9.41 Å². The van der Waals surface area contributed by atoms with Gasteiger partial charge in [-0.05, 0) is 62.1 Å². The quantitative estimate of drug-likeness (QED) is 0.352. The number of ether oxygens (including phenoxy) is 1. The van der Waals surface area contributed by atoms with Crippen LogP contribution in [0.3, 0.4) is 0 Å². The highest BCUT2D eigenvalue weighted by Gasteiger charge is 2.26. The summed E-state index contributed by atoms with van der Waals surface area (Å²) in [5, 5.41) is 17.8. The van der Waals surface area contributed by atoms with Gasteiger partial charge in [0.1, 0.15) is 0 Å². The van der Waals surface area contributed by atoms with Crippen LogP contribution < -0.4 is 4.80 Å². The minimum atomic E-state index is -3.58. The van der Waals surface area contributed by atoms with Crippen LogP contribution in [0.4, 0.5) is 11.4 Å². The van der Waals surface area contributed by atoms with Gasteiger partial charge in [0.05, 0.1) is 34.4 Å². The number of hydrogen-bond donors (Lipinski definition) is 0. The molecular weight excluding hydrogens is 502 g/mol. The number of benzene rings is 2. The van der Waals surface area contributed by atoms with E-state index in [1.54, 1.807) is 41.1 Å². The van der Waals surface area contributed by atoms with Crippen LogP contribution >= 0.6 is 11.3 Å². The molecule has 0 unspecified atom stereocenters. The largest absolute Gasteiger partial charge is 0.379 e. The van der Waals surface area contributed by atoms with Crippen LogP contribution in [-0.4, -0.2) is 54.3 Å². The van der Waals surface area contributed by atoms with Crippen molar-refractivity contribution in [3.8, 4) is 11.3 Å². The zero-order chi connectivity index (χ0) is 25.1. The molecule has 2 heterocycles. The number of nitrogens with zero attached hydrogens (tertiary/aromatic N) is 5. The SMILES string of the molecule is O=[N+]([O-])c1ccc(-c2csc(=Nc3ccc(S(=O)(=O)N4CCOCC4)cc3)n2N=C2CCCC2)cc1. The van der Waals surface area contributed by atoms with Crippen LogP contribution in [0.1, 0.15) is 25.7 Å². The molecule has 0 spiro atoms. The summed E-state index contributed by atoms with van der Waals surface area (Å²) >= 11 is 1.41. The van der Waals surface area contributed by atoms with Gasteiger partial charge in [-0.3, -0.25) is 10.1 Å². The third-order valence-electron chi connectivity index (χ3n) is 6.15. The number of nitro benzene ring substituents is 1. The molecule has 2 fully saturated rings. The number of sulfonamides is 1. The Balaban J connectivity index is 1.50. The summed E-state index contributed by atoms with van der Waals surface area (Å²) in [5.74, 6) is 0. The monoisotopic (exact) mass is 527 g/mol. The van der Waals surface area contributed by atoms with Gasteiger partial charge in [-0.1, -0.05) is 0 Å². The Bertz CT molecular complexity index is 1440. The lowest BCUT2D eigenvalue weighted by molar-refractivity contribution is -0.384. The van der Waals surface area contributed by atoms with Crippen LogP contribution in [0.25, 0.3) is 11.3 Å². The van der Waals surface area contributed by atoms with Crippen LogP contribution in [-0.2, 0) is 14.8 Å². The molecule has 188 valence electrons. The number of hydrogen-bond acceptors (Lipinski definition) is 8. The molecule has 10 nitrogen and oxygen atoms in total. The van der Waals surface area contributed by atoms with Crippen LogP contribution in [0.15, 0.2) is 68.9 Å². The number of morpholine rings is 1. The summed E-state index contributed by atoms with van der Waals surface area (Å²) < 4.78 is 34.3. The highest BCUT2D eigenvalue weighted by atomic mass is 32.2. The maximum atomic E-state index is 12.9. The number of thiazole rings is 1. The van der Waals surface area contributed by atoms with Crippen molar-refractivity contribution in [2.45, 2.75) is 30.6 Å². The van der Waals surface area contributed by atoms with Crippen molar-refractivity contribution in [2.24, 2.45) is 10.1 Å². The first-order valence-corrected chi connectivity index (χ1v) is 14.0. The second-order valence-electron chi connectivity index (χ2n) is 8.51. The topological polar surface area (TPSA) is 119 Å². The van der Waals surface area contributed by atoms with E-state index in [9.17, 15) is 18.5 Å². The third kappa shape index (κ3) is 5.16. The lowest BCUT2D eigenvalue weighted by atomic mass is 10.1. The molecule has 1 aliphatic heterocycles. The fourth-order valence-electron chi connectivity index (χ4n) is 4.19. The minimum Gasteiger partial charge on any atom is -0.379 e. The Morgan fingerprint density at radius 2 is 1.64 bits per heavy atom. The Morgan fingerprint density at radius 3 is 2.28 bits per heavy atom. The minimum absolute atomic E-state index is 0.0275. The molecule has 0 N–H and O–H groups in total. The zero-order valence-corrected chi connectivity index (χ0v) is 21.1. The fraction of sp³-hybridized carbons (Fsp3) is 0.333. The summed E-state index contributed by atoms with van der Waals surface area (Å²) in [7, 11) is -3.58.